The highest BCUT2D eigenvalue weighted by atomic mass is 16.6. The molecule has 2 N–H and O–H groups in total. The normalized spacial score (nSPS) is 14.8. The van der Waals surface area contributed by atoms with E-state index in [4.69, 9.17) is 9.57 Å². The van der Waals surface area contributed by atoms with E-state index in [1.807, 2.05) is 25.9 Å². The van der Waals surface area contributed by atoms with Crippen molar-refractivity contribution < 1.29 is 14.4 Å². The molecule has 0 spiro atoms. The van der Waals surface area contributed by atoms with E-state index in [0.717, 1.165) is 42.8 Å². The number of nitrogens with one attached hydrogen (secondary N) is 2. The number of likely N-dealkylation sites (N-methyl/N-ethyl adjacent to an activating group) is 1. The van der Waals surface area contributed by atoms with Gasteiger partial charge < -0.3 is 19.8 Å². The van der Waals surface area contributed by atoms with Gasteiger partial charge in [0.15, 0.2) is 5.69 Å². The summed E-state index contributed by atoms with van der Waals surface area (Å²) in [7, 11) is 3.95. The summed E-state index contributed by atoms with van der Waals surface area (Å²) in [4.78, 5) is 24.4. The first-order valence-electron chi connectivity index (χ1n) is 9.41. The van der Waals surface area contributed by atoms with Gasteiger partial charge in [0.05, 0.1) is 11.3 Å². The third-order valence-electron chi connectivity index (χ3n) is 4.24. The Kier molecular flexibility index (Phi) is 6.59. The number of oxime groups is 1. The third-order valence-corrected chi connectivity index (χ3v) is 4.24. The lowest BCUT2D eigenvalue weighted by Crippen LogP contribution is -2.21. The molecule has 0 aromatic carbocycles. The van der Waals surface area contributed by atoms with Crippen molar-refractivity contribution in [3.05, 3.63) is 35.2 Å². The number of aryl methyl sites for hydroxylation is 1. The zero-order valence-electron chi connectivity index (χ0n) is 16.5. The number of H-pyrrole nitrogens is 1. The van der Waals surface area contributed by atoms with Gasteiger partial charge in [0.25, 0.3) is 5.91 Å². The monoisotopic (exact) mass is 386 g/mol. The first-order valence-corrected chi connectivity index (χ1v) is 9.41. The molecule has 2 aromatic rings. The maximum absolute atomic E-state index is 12.8. The Hall–Kier alpha value is -2.94. The summed E-state index contributed by atoms with van der Waals surface area (Å²) in [6.45, 7) is 3.64. The van der Waals surface area contributed by atoms with Crippen molar-refractivity contribution in [2.24, 2.45) is 5.16 Å². The molecular weight excluding hydrogens is 360 g/mol. The Labute approximate surface area is 164 Å². The Morgan fingerprint density at radius 2 is 2.21 bits per heavy atom. The summed E-state index contributed by atoms with van der Waals surface area (Å²) in [5.41, 5.74) is 2.68. The number of carbonyl (C=O) groups excluding carboxylic acids is 1. The number of aromatic nitrogens is 3. The number of carbonyl (C=O) groups is 1. The van der Waals surface area contributed by atoms with Gasteiger partial charge in [0, 0.05) is 18.3 Å². The van der Waals surface area contributed by atoms with Crippen LogP contribution >= 0.6 is 0 Å². The Balaban J connectivity index is 1.73. The largest absolute Gasteiger partial charge is 0.476 e. The van der Waals surface area contributed by atoms with Crippen LogP contribution in [0.4, 0.5) is 5.82 Å². The van der Waals surface area contributed by atoms with E-state index >= 15 is 0 Å². The minimum absolute atomic E-state index is 0.300. The summed E-state index contributed by atoms with van der Waals surface area (Å²) in [6.07, 6.45) is 2.52. The third kappa shape index (κ3) is 4.86. The van der Waals surface area contributed by atoms with Crippen LogP contribution in [0.5, 0.6) is 5.88 Å². The van der Waals surface area contributed by atoms with Crippen LogP contribution in [0.15, 0.2) is 23.4 Å². The van der Waals surface area contributed by atoms with E-state index in [0.29, 0.717) is 30.6 Å². The zero-order valence-corrected chi connectivity index (χ0v) is 16.5. The van der Waals surface area contributed by atoms with Gasteiger partial charge in [-0.1, -0.05) is 11.2 Å². The first-order chi connectivity index (χ1) is 13.6. The number of nitrogens with zero attached hydrogens (tertiary/aromatic N) is 4. The highest BCUT2D eigenvalue weighted by Gasteiger charge is 2.27. The quantitative estimate of drug-likeness (QED) is 0.673. The summed E-state index contributed by atoms with van der Waals surface area (Å²) in [5, 5.41) is 14.1. The molecule has 3 rings (SSSR count). The van der Waals surface area contributed by atoms with E-state index < -0.39 is 0 Å². The van der Waals surface area contributed by atoms with Crippen molar-refractivity contribution in [1.82, 2.24) is 20.1 Å². The van der Waals surface area contributed by atoms with Gasteiger partial charge in [-0.15, -0.1) is 0 Å². The molecule has 0 saturated heterocycles. The molecule has 1 aliphatic carbocycles. The minimum Gasteiger partial charge on any atom is -0.476 e. The number of aromatic amines is 1. The molecule has 2 heterocycles. The van der Waals surface area contributed by atoms with Crippen LogP contribution < -0.4 is 10.1 Å². The fourth-order valence-electron chi connectivity index (χ4n) is 2.90. The van der Waals surface area contributed by atoms with E-state index in [9.17, 15) is 4.79 Å². The van der Waals surface area contributed by atoms with Gasteiger partial charge in [0.2, 0.25) is 5.88 Å². The van der Waals surface area contributed by atoms with E-state index in [-0.39, 0.29) is 5.91 Å². The van der Waals surface area contributed by atoms with Crippen molar-refractivity contribution in [2.75, 3.05) is 39.2 Å². The van der Waals surface area contributed by atoms with E-state index in [2.05, 4.69) is 25.7 Å². The molecule has 0 unspecified atom stereocenters. The van der Waals surface area contributed by atoms with Gasteiger partial charge in [-0.25, -0.2) is 0 Å². The van der Waals surface area contributed by atoms with Crippen molar-refractivity contribution in [3.8, 4) is 5.88 Å². The molecule has 0 atom stereocenters. The average Bonchev–Trinajstić information content (AvgIpc) is 3.11. The van der Waals surface area contributed by atoms with Crippen molar-refractivity contribution in [2.45, 2.75) is 26.2 Å². The Morgan fingerprint density at radius 3 is 3.00 bits per heavy atom. The first kappa shape index (κ1) is 19.8. The number of amides is 1. The molecule has 0 bridgehead atoms. The molecule has 0 saturated carbocycles. The molecule has 0 radical (unpaired) electrons. The summed E-state index contributed by atoms with van der Waals surface area (Å²) in [6, 6.07) is 5.26. The molecular formula is C19H26N6O3. The average molecular weight is 386 g/mol. The van der Waals surface area contributed by atoms with Crippen molar-refractivity contribution in [3.63, 3.8) is 0 Å². The van der Waals surface area contributed by atoms with E-state index in [1.165, 1.54) is 0 Å². The van der Waals surface area contributed by atoms with Gasteiger partial charge in [-0.2, -0.15) is 10.1 Å². The fraction of sp³-hybridized carbons (Fsp3) is 0.474. The van der Waals surface area contributed by atoms with Gasteiger partial charge in [-0.05, 0) is 46.3 Å². The lowest BCUT2D eigenvalue weighted by Gasteiger charge is -2.14. The summed E-state index contributed by atoms with van der Waals surface area (Å²) >= 11 is 0. The smallest absolute Gasteiger partial charge is 0.278 e. The van der Waals surface area contributed by atoms with E-state index in [1.54, 1.807) is 18.2 Å². The molecule has 0 fully saturated rings. The van der Waals surface area contributed by atoms with Crippen molar-refractivity contribution >= 4 is 17.4 Å². The molecule has 2 aromatic heterocycles. The number of hydrogen-bond acceptors (Lipinski definition) is 7. The molecule has 0 aliphatic heterocycles. The van der Waals surface area contributed by atoms with Crippen LogP contribution in [0, 0.1) is 0 Å². The molecule has 1 aliphatic rings. The molecule has 9 heteroatoms. The fourth-order valence-corrected chi connectivity index (χ4v) is 2.90. The standard InChI is InChI=1S/C19H26N6O3/c1-4-28-24-14-8-5-7-13-17(14)18(23-22-13)19(26)21-15-9-6-10-16(20-15)27-12-11-25(2)3/h6,9-10H,4-5,7-8,11-12H2,1-3H3,(H,22,23)(H,20,21,26)/b24-14+. The number of pyridine rings is 1. The van der Waals surface area contributed by atoms with Crippen LogP contribution in [-0.4, -0.2) is 65.6 Å². The molecule has 150 valence electrons. The predicted molar refractivity (Wildman–Crippen MR) is 106 cm³/mol. The molecule has 9 nitrogen and oxygen atoms in total. The number of ether oxygens (including phenoxy) is 1. The van der Waals surface area contributed by atoms with Gasteiger partial charge in [0.1, 0.15) is 19.0 Å². The van der Waals surface area contributed by atoms with Gasteiger partial charge >= 0.3 is 0 Å². The number of fused-ring (bicyclic) bond motifs is 1. The van der Waals surface area contributed by atoms with Crippen LogP contribution in [0.3, 0.4) is 0 Å². The number of anilines is 1. The Bertz CT molecular complexity index is 846. The maximum Gasteiger partial charge on any atom is 0.278 e. The number of rotatable bonds is 8. The second kappa shape index (κ2) is 9.32. The summed E-state index contributed by atoms with van der Waals surface area (Å²) in [5.74, 6) is 0.520. The molecule has 28 heavy (non-hydrogen) atoms. The van der Waals surface area contributed by atoms with Crippen LogP contribution in [-0.2, 0) is 11.3 Å². The Morgan fingerprint density at radius 1 is 1.36 bits per heavy atom. The SMILES string of the molecule is CCO/N=C1\CCCc2[nH]nc(C(=O)Nc3cccc(OCCN(C)C)n3)c21. The second-order valence-corrected chi connectivity index (χ2v) is 6.70. The zero-order chi connectivity index (χ0) is 19.9. The lowest BCUT2D eigenvalue weighted by atomic mass is 9.93. The lowest BCUT2D eigenvalue weighted by molar-refractivity contribution is 0.102. The molecule has 1 amide bonds. The minimum atomic E-state index is -0.346. The predicted octanol–water partition coefficient (Wildman–Crippen LogP) is 2.07. The highest BCUT2D eigenvalue weighted by molar-refractivity contribution is 6.13. The van der Waals surface area contributed by atoms with Gasteiger partial charge in [-0.3, -0.25) is 9.89 Å². The maximum atomic E-state index is 12.8. The highest BCUT2D eigenvalue weighted by Crippen LogP contribution is 2.24. The van der Waals surface area contributed by atoms with Crippen LogP contribution in [0.1, 0.15) is 41.5 Å². The number of hydrogen-bond donors (Lipinski definition) is 2. The van der Waals surface area contributed by atoms with Crippen LogP contribution in [0.25, 0.3) is 0 Å². The topological polar surface area (TPSA) is 105 Å². The van der Waals surface area contributed by atoms with Crippen molar-refractivity contribution in [1.29, 1.82) is 0 Å². The van der Waals surface area contributed by atoms with Crippen LogP contribution in [0.2, 0.25) is 0 Å². The summed E-state index contributed by atoms with van der Waals surface area (Å²) < 4.78 is 5.62. The second-order valence-electron chi connectivity index (χ2n) is 6.70.